The van der Waals surface area contributed by atoms with Crippen LogP contribution in [0.25, 0.3) is 0 Å². The highest BCUT2D eigenvalue weighted by molar-refractivity contribution is 7.84. The number of carbonyl (C=O) groups is 3. The maximum Gasteiger partial charge on any atom is 0.252 e. The van der Waals surface area contributed by atoms with Crippen molar-refractivity contribution in [1.82, 2.24) is 26.4 Å². The molecule has 0 saturated heterocycles. The number of aliphatic imine (C=N–C) groups is 2. The number of hydrogen-bond donors (Lipinski definition) is 5. The van der Waals surface area contributed by atoms with E-state index in [-0.39, 0.29) is 62.0 Å². The third-order valence-corrected chi connectivity index (χ3v) is 12.5. The van der Waals surface area contributed by atoms with Crippen LogP contribution in [0.5, 0.6) is 0 Å². The summed E-state index contributed by atoms with van der Waals surface area (Å²) in [5.74, 6) is -0.132. The number of aromatic nitrogens is 1. The molecule has 13 nitrogen and oxygen atoms in total. The third-order valence-electron chi connectivity index (χ3n) is 9.80. The standard InChI is InChI=1S/C39H42ClN9O4S3/c1-21-22(2)56-39-33(21)35(24-4-6-28(40)7-5-24)46-29(36-48-47-23(3)49(36)39)19-31(50)41-10-13-53-14-11-44-37(51)26-16-25-17-27(20-45-34(25)30(54)18-26)38(52)43-9-8-32-42-12-15-55-32/h4-7,12,15-18,20,25,29,34,36,48,54H,8-11,13-14,19H2,1-3H3,(H,41,50)(H,43,52)(H,44,51)/t25?,29-,34?,36-/m0/s1. The van der Waals surface area contributed by atoms with Crippen LogP contribution in [0.15, 0.2) is 85.2 Å². The number of benzene rings is 1. The van der Waals surface area contributed by atoms with Gasteiger partial charge in [-0.25, -0.2) is 4.98 Å². The number of fused-ring (bicyclic) bond motifs is 4. The zero-order valence-corrected chi connectivity index (χ0v) is 34.3. The van der Waals surface area contributed by atoms with Gasteiger partial charge < -0.3 is 20.7 Å². The summed E-state index contributed by atoms with van der Waals surface area (Å²) in [4.78, 5) is 57.1. The Kier molecular flexibility index (Phi) is 12.5. The minimum Gasteiger partial charge on any atom is -0.378 e. The number of thiophene rings is 1. The number of halogens is 1. The highest BCUT2D eigenvalue weighted by Gasteiger charge is 2.41. The molecule has 3 amide bonds. The Morgan fingerprint density at radius 3 is 2.50 bits per heavy atom. The summed E-state index contributed by atoms with van der Waals surface area (Å²) in [6, 6.07) is 6.90. The van der Waals surface area contributed by atoms with Crippen molar-refractivity contribution in [1.29, 1.82) is 0 Å². The number of dihydropyridines is 1. The summed E-state index contributed by atoms with van der Waals surface area (Å²) in [7, 11) is 0. The lowest BCUT2D eigenvalue weighted by Gasteiger charge is -2.28. The number of rotatable bonds is 14. The predicted octanol–water partition coefficient (Wildman–Crippen LogP) is 4.51. The Morgan fingerprint density at radius 2 is 1.73 bits per heavy atom. The summed E-state index contributed by atoms with van der Waals surface area (Å²) in [5.41, 5.74) is 8.05. The van der Waals surface area contributed by atoms with Crippen molar-refractivity contribution in [3.05, 3.63) is 102 Å². The highest BCUT2D eigenvalue weighted by Crippen LogP contribution is 2.42. The lowest BCUT2D eigenvalue weighted by Crippen LogP contribution is -2.48. The van der Waals surface area contributed by atoms with Crippen molar-refractivity contribution >= 4 is 87.4 Å². The number of amides is 3. The second-order valence-electron chi connectivity index (χ2n) is 13.6. The van der Waals surface area contributed by atoms with E-state index in [9.17, 15) is 14.4 Å². The van der Waals surface area contributed by atoms with Crippen LogP contribution >= 0.6 is 46.9 Å². The number of carbonyl (C=O) groups excluding carboxylic acids is 3. The number of hydrogen-bond acceptors (Lipinski definition) is 13. The SMILES string of the molecule is CC1=NN[C@@H]2[C@H](CC(=O)NCCOCCNC(=O)C3=CC4C=C(C(=O)NCCc5nccs5)C=NC4C(S)=C3)N=C(c3ccc(Cl)cc3)c3c(sc(C)c3C)N12. The normalized spacial score (nSPS) is 20.9. The van der Waals surface area contributed by atoms with Gasteiger partial charge >= 0.3 is 0 Å². The van der Waals surface area contributed by atoms with Gasteiger partial charge in [0.15, 0.2) is 0 Å². The van der Waals surface area contributed by atoms with Gasteiger partial charge in [-0.15, -0.1) is 35.3 Å². The van der Waals surface area contributed by atoms with Crippen molar-refractivity contribution in [2.75, 3.05) is 37.7 Å². The molecule has 56 heavy (non-hydrogen) atoms. The van der Waals surface area contributed by atoms with Crippen molar-refractivity contribution in [2.45, 2.75) is 51.9 Å². The largest absolute Gasteiger partial charge is 0.378 e. The molecule has 0 spiro atoms. The van der Waals surface area contributed by atoms with Gasteiger partial charge in [-0.05, 0) is 44.5 Å². The molecule has 4 aliphatic rings. The first-order valence-corrected chi connectivity index (χ1v) is 20.8. The number of nitrogens with zero attached hydrogens (tertiary/aromatic N) is 5. The minimum atomic E-state index is -0.438. The molecule has 0 fully saturated rings. The van der Waals surface area contributed by atoms with Crippen LogP contribution in [-0.2, 0) is 25.5 Å². The molecule has 1 aliphatic carbocycles. The van der Waals surface area contributed by atoms with Gasteiger partial charge in [0.2, 0.25) is 5.91 Å². The molecular formula is C39H42ClN9O4S3. The molecule has 5 heterocycles. The number of thiazole rings is 1. The van der Waals surface area contributed by atoms with E-state index < -0.39 is 6.04 Å². The topological polar surface area (TPSA) is 162 Å². The molecule has 4 N–H and O–H groups in total. The average Bonchev–Trinajstić information content (AvgIpc) is 3.90. The Bertz CT molecular complexity index is 2180. The smallest absolute Gasteiger partial charge is 0.252 e. The first-order valence-electron chi connectivity index (χ1n) is 18.3. The van der Waals surface area contributed by atoms with Gasteiger partial charge in [0, 0.05) is 81.3 Å². The van der Waals surface area contributed by atoms with Crippen LogP contribution in [0.1, 0.15) is 39.9 Å². The van der Waals surface area contributed by atoms with Crippen molar-refractivity contribution in [3.8, 4) is 0 Å². The van der Waals surface area contributed by atoms with Crippen LogP contribution in [0.3, 0.4) is 0 Å². The van der Waals surface area contributed by atoms with Crippen LogP contribution in [0.4, 0.5) is 5.00 Å². The van der Waals surface area contributed by atoms with Gasteiger partial charge in [0.05, 0.1) is 48.0 Å². The van der Waals surface area contributed by atoms with Crippen LogP contribution < -0.4 is 26.3 Å². The number of nitrogens with one attached hydrogen (secondary N) is 4. The summed E-state index contributed by atoms with van der Waals surface area (Å²) in [6.07, 6.45) is 9.09. The first kappa shape index (κ1) is 39.6. The molecule has 3 aliphatic heterocycles. The Labute approximate surface area is 343 Å². The fraction of sp³-hybridized carbons (Fsp3) is 0.359. The summed E-state index contributed by atoms with van der Waals surface area (Å²) in [6.45, 7) is 7.71. The molecule has 7 rings (SSSR count). The number of thiol groups is 1. The van der Waals surface area contributed by atoms with Crippen molar-refractivity contribution in [3.63, 3.8) is 0 Å². The monoisotopic (exact) mass is 831 g/mol. The quantitative estimate of drug-likeness (QED) is 0.118. The number of hydrazone groups is 1. The Morgan fingerprint density at radius 1 is 1.00 bits per heavy atom. The Balaban J connectivity index is 0.880. The molecular weight excluding hydrogens is 790 g/mol. The summed E-state index contributed by atoms with van der Waals surface area (Å²) < 4.78 is 5.73. The predicted molar refractivity (Wildman–Crippen MR) is 226 cm³/mol. The lowest BCUT2D eigenvalue weighted by atomic mass is 9.87. The summed E-state index contributed by atoms with van der Waals surface area (Å²) >= 11 is 14.1. The van der Waals surface area contributed by atoms with Gasteiger partial charge in [0.25, 0.3) is 11.8 Å². The Hall–Kier alpha value is -4.61. The number of ether oxygens (including phenoxy) is 1. The van der Waals surface area contributed by atoms with Gasteiger partial charge in [-0.3, -0.25) is 34.7 Å². The molecule has 4 atom stereocenters. The van der Waals surface area contributed by atoms with Gasteiger partial charge in [-0.2, -0.15) is 5.10 Å². The first-order chi connectivity index (χ1) is 27.1. The van der Waals surface area contributed by atoms with Gasteiger partial charge in [0.1, 0.15) is 17.0 Å². The van der Waals surface area contributed by atoms with E-state index in [0.717, 1.165) is 38.2 Å². The molecule has 0 radical (unpaired) electrons. The van der Waals surface area contributed by atoms with Crippen LogP contribution in [-0.4, -0.2) is 91.6 Å². The van der Waals surface area contributed by atoms with Gasteiger partial charge in [-0.1, -0.05) is 35.9 Å². The number of aryl methyl sites for hydroxylation is 1. The highest BCUT2D eigenvalue weighted by atomic mass is 35.5. The van der Waals surface area contributed by atoms with E-state index >= 15 is 0 Å². The third kappa shape index (κ3) is 8.84. The average molecular weight is 832 g/mol. The molecule has 17 heteroatoms. The van der Waals surface area contributed by atoms with Crippen molar-refractivity contribution < 1.29 is 19.1 Å². The fourth-order valence-electron chi connectivity index (χ4n) is 6.86. The second-order valence-corrected chi connectivity index (χ2v) is 16.7. The number of amidine groups is 1. The minimum absolute atomic E-state index is 0.134. The van der Waals surface area contributed by atoms with E-state index in [4.69, 9.17) is 21.3 Å². The molecule has 2 unspecified atom stereocenters. The number of anilines is 1. The maximum atomic E-state index is 13.3. The molecule has 0 bridgehead atoms. The molecule has 0 saturated carbocycles. The molecule has 292 valence electrons. The second kappa shape index (κ2) is 17.7. The van der Waals surface area contributed by atoms with Crippen LogP contribution in [0, 0.1) is 19.8 Å². The molecule has 1 aromatic carbocycles. The maximum absolute atomic E-state index is 13.3. The lowest BCUT2D eigenvalue weighted by molar-refractivity contribution is -0.121. The van der Waals surface area contributed by atoms with Crippen molar-refractivity contribution in [2.24, 2.45) is 21.0 Å². The molecule has 2 aromatic heterocycles. The zero-order valence-electron chi connectivity index (χ0n) is 31.0. The molecule has 3 aromatic rings. The van der Waals surface area contributed by atoms with Crippen LogP contribution in [0.2, 0.25) is 5.02 Å². The van der Waals surface area contributed by atoms with E-state index in [2.05, 4.69) is 67.8 Å². The fourth-order valence-corrected chi connectivity index (χ4v) is 9.23. The van der Waals surface area contributed by atoms with E-state index in [1.807, 2.05) is 42.6 Å². The summed E-state index contributed by atoms with van der Waals surface area (Å²) in [5, 5.41) is 17.8. The van der Waals surface area contributed by atoms with E-state index in [1.165, 1.54) is 4.88 Å². The van der Waals surface area contributed by atoms with E-state index in [0.29, 0.717) is 40.6 Å². The zero-order chi connectivity index (χ0) is 39.3. The van der Waals surface area contributed by atoms with E-state index in [1.54, 1.807) is 47.2 Å².